The van der Waals surface area contributed by atoms with Crippen LogP contribution in [-0.2, 0) is 16.6 Å². The molecule has 0 bridgehead atoms. The Morgan fingerprint density at radius 2 is 1.89 bits per heavy atom. The molecule has 3 aromatic rings. The third kappa shape index (κ3) is 4.21. The number of nitro benzene ring substituents is 1. The standard InChI is InChI=1S/C18H17N3O4S2/c1-12-6-3-4-9-16(12)18-20-13(2)17(26-18)11-19-27(24,25)15-8-5-7-14(10-15)21(22)23/h3-10,19H,11H2,1-2H3. The normalized spacial score (nSPS) is 11.5. The highest BCUT2D eigenvalue weighted by Crippen LogP contribution is 2.30. The Balaban J connectivity index is 1.82. The molecule has 140 valence electrons. The summed E-state index contributed by atoms with van der Waals surface area (Å²) in [7, 11) is -3.87. The van der Waals surface area contributed by atoms with E-state index >= 15 is 0 Å². The van der Waals surface area contributed by atoms with Crippen molar-refractivity contribution in [1.29, 1.82) is 0 Å². The van der Waals surface area contributed by atoms with E-state index < -0.39 is 14.9 Å². The van der Waals surface area contributed by atoms with Gasteiger partial charge in [-0.1, -0.05) is 30.3 Å². The highest BCUT2D eigenvalue weighted by atomic mass is 32.2. The molecule has 0 unspecified atom stereocenters. The van der Waals surface area contributed by atoms with Crippen LogP contribution in [0.5, 0.6) is 0 Å². The van der Waals surface area contributed by atoms with Gasteiger partial charge in [0, 0.05) is 29.1 Å². The van der Waals surface area contributed by atoms with Crippen molar-refractivity contribution in [3.8, 4) is 10.6 Å². The second-order valence-electron chi connectivity index (χ2n) is 5.92. The van der Waals surface area contributed by atoms with Crippen LogP contribution >= 0.6 is 11.3 Å². The van der Waals surface area contributed by atoms with Gasteiger partial charge < -0.3 is 0 Å². The number of nitrogens with zero attached hydrogens (tertiary/aromatic N) is 2. The van der Waals surface area contributed by atoms with E-state index in [1.165, 1.54) is 29.5 Å². The highest BCUT2D eigenvalue weighted by Gasteiger charge is 2.19. The van der Waals surface area contributed by atoms with E-state index in [2.05, 4.69) is 9.71 Å². The molecule has 3 rings (SSSR count). The highest BCUT2D eigenvalue weighted by molar-refractivity contribution is 7.89. The van der Waals surface area contributed by atoms with Gasteiger partial charge in [0.05, 0.1) is 15.5 Å². The van der Waals surface area contributed by atoms with E-state index in [1.54, 1.807) is 0 Å². The number of nitro groups is 1. The Morgan fingerprint density at radius 1 is 1.15 bits per heavy atom. The lowest BCUT2D eigenvalue weighted by atomic mass is 10.1. The predicted octanol–water partition coefficient (Wildman–Crippen LogP) is 3.81. The van der Waals surface area contributed by atoms with Crippen molar-refractivity contribution in [3.63, 3.8) is 0 Å². The lowest BCUT2D eigenvalue weighted by Crippen LogP contribution is -2.23. The minimum atomic E-state index is -3.87. The van der Waals surface area contributed by atoms with Crippen molar-refractivity contribution in [3.05, 3.63) is 74.8 Å². The summed E-state index contributed by atoms with van der Waals surface area (Å²) in [5, 5.41) is 11.7. The Hall–Kier alpha value is -2.62. The van der Waals surface area contributed by atoms with Gasteiger partial charge in [0.1, 0.15) is 5.01 Å². The largest absolute Gasteiger partial charge is 0.270 e. The quantitative estimate of drug-likeness (QED) is 0.498. The molecule has 9 heteroatoms. The van der Waals surface area contributed by atoms with Crippen molar-refractivity contribution in [2.75, 3.05) is 0 Å². The van der Waals surface area contributed by atoms with Gasteiger partial charge in [-0.05, 0) is 25.5 Å². The van der Waals surface area contributed by atoms with Crippen LogP contribution in [0.1, 0.15) is 16.1 Å². The lowest BCUT2D eigenvalue weighted by Gasteiger charge is -2.06. The van der Waals surface area contributed by atoms with Gasteiger partial charge in [-0.2, -0.15) is 0 Å². The molecule has 0 aliphatic rings. The number of non-ortho nitro benzene ring substituents is 1. The van der Waals surface area contributed by atoms with E-state index in [4.69, 9.17) is 0 Å². The fraction of sp³-hybridized carbons (Fsp3) is 0.167. The third-order valence-electron chi connectivity index (χ3n) is 4.03. The topological polar surface area (TPSA) is 102 Å². The molecule has 0 saturated heterocycles. The van der Waals surface area contributed by atoms with Gasteiger partial charge >= 0.3 is 0 Å². The number of nitrogens with one attached hydrogen (secondary N) is 1. The van der Waals surface area contributed by atoms with Crippen LogP contribution in [-0.4, -0.2) is 18.3 Å². The van der Waals surface area contributed by atoms with E-state index in [9.17, 15) is 18.5 Å². The van der Waals surface area contributed by atoms with Crippen LogP contribution in [0.4, 0.5) is 5.69 Å². The molecular formula is C18H17N3O4S2. The van der Waals surface area contributed by atoms with Crippen molar-refractivity contribution in [2.24, 2.45) is 0 Å². The molecule has 1 N–H and O–H groups in total. The molecule has 0 radical (unpaired) electrons. The molecule has 0 fully saturated rings. The molecule has 1 aromatic heterocycles. The summed E-state index contributed by atoms with van der Waals surface area (Å²) in [6.07, 6.45) is 0. The Morgan fingerprint density at radius 3 is 2.59 bits per heavy atom. The monoisotopic (exact) mass is 403 g/mol. The first kappa shape index (κ1) is 19.2. The summed E-state index contributed by atoms with van der Waals surface area (Å²) in [4.78, 5) is 15.4. The maximum atomic E-state index is 12.5. The number of hydrogen-bond donors (Lipinski definition) is 1. The molecular weight excluding hydrogens is 386 g/mol. The Labute approximate surface area is 160 Å². The molecule has 0 amide bonds. The number of aromatic nitrogens is 1. The average Bonchev–Trinajstić information content (AvgIpc) is 3.01. The van der Waals surface area contributed by atoms with Crippen molar-refractivity contribution in [1.82, 2.24) is 9.71 Å². The van der Waals surface area contributed by atoms with Crippen molar-refractivity contribution in [2.45, 2.75) is 25.3 Å². The van der Waals surface area contributed by atoms with E-state index in [0.29, 0.717) is 0 Å². The SMILES string of the molecule is Cc1ccccc1-c1nc(C)c(CNS(=O)(=O)c2cccc([N+](=O)[O-])c2)s1. The van der Waals surface area contributed by atoms with E-state index in [0.717, 1.165) is 32.8 Å². The Bertz CT molecular complexity index is 1110. The maximum Gasteiger partial charge on any atom is 0.270 e. The number of aryl methyl sites for hydroxylation is 2. The fourth-order valence-electron chi connectivity index (χ4n) is 2.53. The van der Waals surface area contributed by atoms with Gasteiger partial charge in [0.2, 0.25) is 10.0 Å². The fourth-order valence-corrected chi connectivity index (χ4v) is 4.75. The van der Waals surface area contributed by atoms with Gasteiger partial charge in [-0.25, -0.2) is 18.1 Å². The second-order valence-corrected chi connectivity index (χ2v) is 8.77. The predicted molar refractivity (Wildman–Crippen MR) is 104 cm³/mol. The zero-order chi connectivity index (χ0) is 19.6. The molecule has 0 aliphatic heterocycles. The van der Waals surface area contributed by atoms with Gasteiger partial charge in [-0.15, -0.1) is 11.3 Å². The number of benzene rings is 2. The van der Waals surface area contributed by atoms with Crippen molar-refractivity contribution >= 4 is 27.0 Å². The molecule has 0 spiro atoms. The molecule has 0 atom stereocenters. The summed E-state index contributed by atoms with van der Waals surface area (Å²) in [5.74, 6) is 0. The maximum absolute atomic E-state index is 12.5. The molecule has 0 saturated carbocycles. The lowest BCUT2D eigenvalue weighted by molar-refractivity contribution is -0.385. The van der Waals surface area contributed by atoms with Crippen LogP contribution in [0.3, 0.4) is 0 Å². The van der Waals surface area contributed by atoms with Crippen LogP contribution in [0, 0.1) is 24.0 Å². The summed E-state index contributed by atoms with van der Waals surface area (Å²) >= 11 is 1.42. The molecule has 2 aromatic carbocycles. The second kappa shape index (κ2) is 7.55. The van der Waals surface area contributed by atoms with Gasteiger partial charge in [0.15, 0.2) is 0 Å². The molecule has 1 heterocycles. The molecule has 0 aliphatic carbocycles. The number of sulfonamides is 1. The number of hydrogen-bond acceptors (Lipinski definition) is 6. The first-order valence-electron chi connectivity index (χ1n) is 8.04. The summed E-state index contributed by atoms with van der Waals surface area (Å²) in [5.41, 5.74) is 2.59. The smallest absolute Gasteiger partial charge is 0.258 e. The number of thiazole rings is 1. The first-order chi connectivity index (χ1) is 12.8. The summed E-state index contributed by atoms with van der Waals surface area (Å²) in [6.45, 7) is 3.90. The van der Waals surface area contributed by atoms with Crippen LogP contribution in [0.15, 0.2) is 53.4 Å². The first-order valence-corrected chi connectivity index (χ1v) is 10.3. The van der Waals surface area contributed by atoms with Gasteiger partial charge in [0.25, 0.3) is 5.69 Å². The van der Waals surface area contributed by atoms with Crippen LogP contribution < -0.4 is 4.72 Å². The average molecular weight is 403 g/mol. The van der Waals surface area contributed by atoms with Gasteiger partial charge in [-0.3, -0.25) is 10.1 Å². The van der Waals surface area contributed by atoms with E-state index in [-0.39, 0.29) is 17.1 Å². The zero-order valence-corrected chi connectivity index (χ0v) is 16.3. The van der Waals surface area contributed by atoms with E-state index in [1.807, 2.05) is 38.1 Å². The summed E-state index contributed by atoms with van der Waals surface area (Å²) in [6, 6.07) is 12.8. The minimum Gasteiger partial charge on any atom is -0.258 e. The minimum absolute atomic E-state index is 0.0698. The molecule has 27 heavy (non-hydrogen) atoms. The Kier molecular flexibility index (Phi) is 5.36. The third-order valence-corrected chi connectivity index (χ3v) is 6.62. The molecule has 7 nitrogen and oxygen atoms in total. The van der Waals surface area contributed by atoms with Crippen LogP contribution in [0.2, 0.25) is 0 Å². The summed E-state index contributed by atoms with van der Waals surface area (Å²) < 4.78 is 27.4. The zero-order valence-electron chi connectivity index (χ0n) is 14.7. The van der Waals surface area contributed by atoms with Crippen LogP contribution in [0.25, 0.3) is 10.6 Å². The van der Waals surface area contributed by atoms with Crippen molar-refractivity contribution < 1.29 is 13.3 Å². The number of rotatable bonds is 6.